The van der Waals surface area contributed by atoms with Gasteiger partial charge >= 0.3 is 5.69 Å². The van der Waals surface area contributed by atoms with Crippen LogP contribution in [0.4, 0.5) is 11.5 Å². The van der Waals surface area contributed by atoms with E-state index in [2.05, 4.69) is 10.3 Å². The average Bonchev–Trinajstić information content (AvgIpc) is 2.18. The summed E-state index contributed by atoms with van der Waals surface area (Å²) in [5.74, 6) is 0.270. The summed E-state index contributed by atoms with van der Waals surface area (Å²) in [4.78, 5) is 14.1. The maximum atomic E-state index is 10.7. The maximum absolute atomic E-state index is 10.7. The Bertz CT molecular complexity index is 343. The summed E-state index contributed by atoms with van der Waals surface area (Å²) in [5, 5.41) is 13.6. The van der Waals surface area contributed by atoms with E-state index in [0.29, 0.717) is 6.61 Å². The molecule has 0 bridgehead atoms. The van der Waals surface area contributed by atoms with Crippen molar-refractivity contribution in [1.29, 1.82) is 0 Å². The van der Waals surface area contributed by atoms with Gasteiger partial charge in [0.25, 0.3) is 0 Å². The normalized spacial score (nSPS) is 12.1. The summed E-state index contributed by atoms with van der Waals surface area (Å²) in [5.41, 5.74) is -0.0274. The third-order valence-electron chi connectivity index (χ3n) is 1.78. The zero-order chi connectivity index (χ0) is 11.3. The van der Waals surface area contributed by atoms with Gasteiger partial charge in [-0.15, -0.1) is 0 Å². The molecule has 0 aromatic carbocycles. The Morgan fingerprint density at radius 2 is 2.47 bits per heavy atom. The van der Waals surface area contributed by atoms with Crippen molar-refractivity contribution < 1.29 is 9.66 Å². The molecule has 0 saturated heterocycles. The van der Waals surface area contributed by atoms with Gasteiger partial charge in [0.1, 0.15) is 0 Å². The monoisotopic (exact) mass is 211 g/mol. The molecule has 0 aliphatic heterocycles. The Morgan fingerprint density at radius 1 is 1.73 bits per heavy atom. The predicted octanol–water partition coefficient (Wildman–Crippen LogP) is 1.44. The van der Waals surface area contributed by atoms with Crippen molar-refractivity contribution >= 4 is 11.5 Å². The number of pyridine rings is 1. The topological polar surface area (TPSA) is 77.3 Å². The lowest BCUT2D eigenvalue weighted by Crippen LogP contribution is -2.22. The number of nitrogens with one attached hydrogen (secondary N) is 1. The number of aromatic nitrogens is 1. The fourth-order valence-corrected chi connectivity index (χ4v) is 1.18. The zero-order valence-corrected chi connectivity index (χ0v) is 8.64. The lowest BCUT2D eigenvalue weighted by molar-refractivity contribution is -0.384. The molecule has 0 radical (unpaired) electrons. The summed E-state index contributed by atoms with van der Waals surface area (Å²) in [7, 11) is 1.57. The van der Waals surface area contributed by atoms with Gasteiger partial charge < -0.3 is 10.1 Å². The molecule has 1 rings (SSSR count). The number of anilines is 1. The maximum Gasteiger partial charge on any atom is 0.311 e. The average molecular weight is 211 g/mol. The summed E-state index contributed by atoms with van der Waals surface area (Å²) in [6, 6.07) is 2.92. The summed E-state index contributed by atoms with van der Waals surface area (Å²) >= 11 is 0. The van der Waals surface area contributed by atoms with E-state index in [1.54, 1.807) is 7.11 Å². The molecule has 1 aromatic heterocycles. The van der Waals surface area contributed by atoms with E-state index >= 15 is 0 Å². The van der Waals surface area contributed by atoms with Crippen molar-refractivity contribution in [3.63, 3.8) is 0 Å². The van der Waals surface area contributed by atoms with Crippen LogP contribution in [0.25, 0.3) is 0 Å². The first-order chi connectivity index (χ1) is 7.15. The smallest absolute Gasteiger partial charge is 0.311 e. The summed E-state index contributed by atoms with van der Waals surface area (Å²) in [6.45, 7) is 2.33. The highest BCUT2D eigenvalue weighted by atomic mass is 16.6. The summed E-state index contributed by atoms with van der Waals surface area (Å²) < 4.78 is 4.92. The molecule has 0 aliphatic carbocycles. The van der Waals surface area contributed by atoms with Crippen LogP contribution in [0.5, 0.6) is 0 Å². The minimum atomic E-state index is -0.463. The molecule has 1 atom stereocenters. The van der Waals surface area contributed by atoms with E-state index in [1.165, 1.54) is 18.3 Å². The van der Waals surface area contributed by atoms with E-state index in [4.69, 9.17) is 4.74 Å². The fraction of sp³-hybridized carbons (Fsp3) is 0.444. The molecule has 0 fully saturated rings. The minimum absolute atomic E-state index is 0.0244. The van der Waals surface area contributed by atoms with Gasteiger partial charge in [-0.25, -0.2) is 4.98 Å². The van der Waals surface area contributed by atoms with E-state index < -0.39 is 4.92 Å². The van der Waals surface area contributed by atoms with Gasteiger partial charge in [0.15, 0.2) is 0 Å². The van der Waals surface area contributed by atoms with Gasteiger partial charge in [0.2, 0.25) is 5.82 Å². The molecule has 15 heavy (non-hydrogen) atoms. The third kappa shape index (κ3) is 3.17. The second-order valence-corrected chi connectivity index (χ2v) is 3.13. The molecule has 0 aliphatic rings. The number of hydrogen-bond acceptors (Lipinski definition) is 5. The van der Waals surface area contributed by atoms with Crippen molar-refractivity contribution in [3.8, 4) is 0 Å². The molecule has 1 N–H and O–H groups in total. The van der Waals surface area contributed by atoms with Crippen molar-refractivity contribution in [2.75, 3.05) is 19.0 Å². The molecule has 0 unspecified atom stereocenters. The Balaban J connectivity index is 2.79. The Hall–Kier alpha value is -1.69. The fourth-order valence-electron chi connectivity index (χ4n) is 1.18. The number of methoxy groups -OCH3 is 1. The first-order valence-corrected chi connectivity index (χ1v) is 4.50. The van der Waals surface area contributed by atoms with Crippen LogP contribution in [0.2, 0.25) is 0 Å². The molecule has 82 valence electrons. The second-order valence-electron chi connectivity index (χ2n) is 3.13. The van der Waals surface area contributed by atoms with Gasteiger partial charge in [-0.05, 0) is 13.0 Å². The Labute approximate surface area is 87.4 Å². The lowest BCUT2D eigenvalue weighted by atomic mass is 10.3. The quantitative estimate of drug-likeness (QED) is 0.589. The Kier molecular flexibility index (Phi) is 3.99. The Morgan fingerprint density at radius 3 is 3.07 bits per heavy atom. The van der Waals surface area contributed by atoms with Crippen molar-refractivity contribution in [2.24, 2.45) is 0 Å². The van der Waals surface area contributed by atoms with Crippen LogP contribution in [0, 0.1) is 10.1 Å². The first kappa shape index (κ1) is 11.4. The van der Waals surface area contributed by atoms with Gasteiger partial charge in [-0.1, -0.05) is 0 Å². The molecule has 6 nitrogen and oxygen atoms in total. The first-order valence-electron chi connectivity index (χ1n) is 4.50. The second kappa shape index (κ2) is 5.26. The SMILES string of the molecule is COC[C@H](C)Nc1ncccc1[N+](=O)[O-]. The van der Waals surface area contributed by atoms with Crippen LogP contribution in [-0.2, 0) is 4.74 Å². The highest BCUT2D eigenvalue weighted by Gasteiger charge is 2.15. The molecule has 1 aromatic rings. The number of hydrogen-bond donors (Lipinski definition) is 1. The van der Waals surface area contributed by atoms with Gasteiger partial charge in [0.05, 0.1) is 11.5 Å². The highest BCUT2D eigenvalue weighted by Crippen LogP contribution is 2.20. The highest BCUT2D eigenvalue weighted by molar-refractivity contribution is 5.55. The molecule has 0 saturated carbocycles. The van der Waals surface area contributed by atoms with Crippen LogP contribution in [0.15, 0.2) is 18.3 Å². The van der Waals surface area contributed by atoms with Crippen LogP contribution in [0.1, 0.15) is 6.92 Å². The molecule has 0 spiro atoms. The van der Waals surface area contributed by atoms with Crippen molar-refractivity contribution in [3.05, 3.63) is 28.4 Å². The van der Waals surface area contributed by atoms with Crippen molar-refractivity contribution in [1.82, 2.24) is 4.98 Å². The van der Waals surface area contributed by atoms with Gasteiger partial charge in [0, 0.05) is 25.4 Å². The van der Waals surface area contributed by atoms with Crippen molar-refractivity contribution in [2.45, 2.75) is 13.0 Å². The molecular formula is C9H13N3O3. The number of ether oxygens (including phenoxy) is 1. The van der Waals surface area contributed by atoms with E-state index in [0.717, 1.165) is 0 Å². The minimum Gasteiger partial charge on any atom is -0.383 e. The van der Waals surface area contributed by atoms with Crippen LogP contribution >= 0.6 is 0 Å². The third-order valence-corrected chi connectivity index (χ3v) is 1.78. The number of nitrogens with zero attached hydrogens (tertiary/aromatic N) is 2. The largest absolute Gasteiger partial charge is 0.383 e. The van der Waals surface area contributed by atoms with Gasteiger partial charge in [-0.2, -0.15) is 0 Å². The zero-order valence-electron chi connectivity index (χ0n) is 8.64. The van der Waals surface area contributed by atoms with E-state index in [9.17, 15) is 10.1 Å². The predicted molar refractivity (Wildman–Crippen MR) is 55.9 cm³/mol. The van der Waals surface area contributed by atoms with Crippen LogP contribution < -0.4 is 5.32 Å². The van der Waals surface area contributed by atoms with E-state index in [1.807, 2.05) is 6.92 Å². The van der Waals surface area contributed by atoms with Crippen LogP contribution in [0.3, 0.4) is 0 Å². The standard InChI is InChI=1S/C9H13N3O3/c1-7(6-15-2)11-9-8(12(13)14)4-3-5-10-9/h3-5,7H,6H2,1-2H3,(H,10,11)/t7-/m0/s1. The lowest BCUT2D eigenvalue weighted by Gasteiger charge is -2.12. The van der Waals surface area contributed by atoms with Crippen LogP contribution in [-0.4, -0.2) is 29.7 Å². The number of rotatable bonds is 5. The molecule has 1 heterocycles. The number of nitro groups is 1. The molecular weight excluding hydrogens is 198 g/mol. The molecule has 0 amide bonds. The van der Waals surface area contributed by atoms with Gasteiger partial charge in [-0.3, -0.25) is 10.1 Å². The van der Waals surface area contributed by atoms with E-state index in [-0.39, 0.29) is 17.5 Å². The molecule has 6 heteroatoms. The summed E-state index contributed by atoms with van der Waals surface area (Å²) in [6.07, 6.45) is 1.51.